The van der Waals surface area contributed by atoms with Crippen LogP contribution in [0.5, 0.6) is 0 Å². The molecular formula is C13H8ClF3N2O2S. The van der Waals surface area contributed by atoms with E-state index in [0.29, 0.717) is 9.92 Å². The molecule has 9 heteroatoms. The summed E-state index contributed by atoms with van der Waals surface area (Å²) in [5.41, 5.74) is -2.05. The molecule has 1 aromatic carbocycles. The number of hydrogen-bond donors (Lipinski definition) is 0. The van der Waals surface area contributed by atoms with Crippen molar-refractivity contribution < 1.29 is 22.7 Å². The van der Waals surface area contributed by atoms with Gasteiger partial charge in [-0.2, -0.15) is 13.2 Å². The highest BCUT2D eigenvalue weighted by Crippen LogP contribution is 2.33. The van der Waals surface area contributed by atoms with E-state index in [1.807, 2.05) is 0 Å². The zero-order valence-corrected chi connectivity index (χ0v) is 12.6. The Labute approximate surface area is 132 Å². The number of hydrogen-bond acceptors (Lipinski definition) is 5. The van der Waals surface area contributed by atoms with Gasteiger partial charge in [0.2, 0.25) is 0 Å². The molecule has 0 fully saturated rings. The van der Waals surface area contributed by atoms with Crippen molar-refractivity contribution in [1.29, 1.82) is 0 Å². The lowest BCUT2D eigenvalue weighted by Gasteiger charge is -2.11. The Morgan fingerprint density at radius 2 is 1.91 bits per heavy atom. The fraction of sp³-hybridized carbons (Fsp3) is 0.154. The quantitative estimate of drug-likeness (QED) is 0.617. The Hall–Kier alpha value is -1.80. The van der Waals surface area contributed by atoms with Gasteiger partial charge < -0.3 is 4.74 Å². The molecule has 0 aliphatic carbocycles. The lowest BCUT2D eigenvalue weighted by atomic mass is 10.2. The van der Waals surface area contributed by atoms with Gasteiger partial charge in [0.05, 0.1) is 7.11 Å². The third-order valence-electron chi connectivity index (χ3n) is 2.46. The SMILES string of the molecule is COC(=O)c1cnc(Sc2ccc(Cl)cc2)nc1C(F)(F)F. The van der Waals surface area contributed by atoms with Crippen LogP contribution in [-0.2, 0) is 10.9 Å². The summed E-state index contributed by atoms with van der Waals surface area (Å²) in [5, 5.41) is 0.365. The van der Waals surface area contributed by atoms with E-state index in [2.05, 4.69) is 14.7 Å². The van der Waals surface area contributed by atoms with Crippen molar-refractivity contribution in [1.82, 2.24) is 9.97 Å². The van der Waals surface area contributed by atoms with Crippen molar-refractivity contribution in [2.45, 2.75) is 16.2 Å². The van der Waals surface area contributed by atoms with Crippen molar-refractivity contribution in [3.8, 4) is 0 Å². The minimum atomic E-state index is -4.79. The Morgan fingerprint density at radius 3 is 2.45 bits per heavy atom. The molecule has 0 saturated carbocycles. The highest BCUT2D eigenvalue weighted by molar-refractivity contribution is 7.99. The highest BCUT2D eigenvalue weighted by atomic mass is 35.5. The molecule has 0 aliphatic heterocycles. The number of alkyl halides is 3. The molecule has 2 rings (SSSR count). The highest BCUT2D eigenvalue weighted by Gasteiger charge is 2.38. The molecule has 2 aromatic rings. The van der Waals surface area contributed by atoms with E-state index in [1.165, 1.54) is 0 Å². The van der Waals surface area contributed by atoms with Gasteiger partial charge in [0.25, 0.3) is 0 Å². The van der Waals surface area contributed by atoms with E-state index >= 15 is 0 Å². The van der Waals surface area contributed by atoms with Crippen molar-refractivity contribution in [2.24, 2.45) is 0 Å². The predicted molar refractivity (Wildman–Crippen MR) is 73.9 cm³/mol. The summed E-state index contributed by atoms with van der Waals surface area (Å²) in [6.45, 7) is 0. The molecule has 0 atom stereocenters. The minimum absolute atomic E-state index is 0.137. The molecule has 0 saturated heterocycles. The van der Waals surface area contributed by atoms with E-state index in [9.17, 15) is 18.0 Å². The number of halogens is 4. The van der Waals surface area contributed by atoms with Gasteiger partial charge in [0.15, 0.2) is 10.9 Å². The second-order valence-electron chi connectivity index (χ2n) is 3.96. The molecule has 22 heavy (non-hydrogen) atoms. The van der Waals surface area contributed by atoms with Crippen LogP contribution in [0.1, 0.15) is 16.1 Å². The molecule has 0 aliphatic rings. The smallest absolute Gasteiger partial charge is 0.434 e. The molecule has 0 N–H and O–H groups in total. The molecule has 4 nitrogen and oxygen atoms in total. The number of methoxy groups -OCH3 is 1. The van der Waals surface area contributed by atoms with Gasteiger partial charge in [-0.3, -0.25) is 0 Å². The third kappa shape index (κ3) is 3.89. The molecule has 0 radical (unpaired) electrons. The number of carbonyl (C=O) groups is 1. The number of rotatable bonds is 3. The second kappa shape index (κ2) is 6.53. The van der Waals surface area contributed by atoms with Crippen LogP contribution in [0.3, 0.4) is 0 Å². The fourth-order valence-corrected chi connectivity index (χ4v) is 2.35. The number of esters is 1. The number of carbonyl (C=O) groups excluding carboxylic acids is 1. The van der Waals surface area contributed by atoms with Gasteiger partial charge in [0, 0.05) is 16.1 Å². The average Bonchev–Trinajstić information content (AvgIpc) is 2.48. The van der Waals surface area contributed by atoms with Crippen LogP contribution in [0, 0.1) is 0 Å². The first-order valence-electron chi connectivity index (χ1n) is 5.77. The van der Waals surface area contributed by atoms with Crippen LogP contribution < -0.4 is 0 Å². The van der Waals surface area contributed by atoms with Crippen molar-refractivity contribution in [2.75, 3.05) is 7.11 Å². The van der Waals surface area contributed by atoms with E-state index in [1.54, 1.807) is 24.3 Å². The van der Waals surface area contributed by atoms with E-state index in [-0.39, 0.29) is 5.16 Å². The minimum Gasteiger partial charge on any atom is -0.465 e. The Morgan fingerprint density at radius 1 is 1.27 bits per heavy atom. The number of aromatic nitrogens is 2. The van der Waals surface area contributed by atoms with Gasteiger partial charge in [-0.1, -0.05) is 11.6 Å². The first-order valence-corrected chi connectivity index (χ1v) is 6.96. The van der Waals surface area contributed by atoms with Gasteiger partial charge in [-0.15, -0.1) is 0 Å². The number of nitrogens with zero attached hydrogens (tertiary/aromatic N) is 2. The lowest BCUT2D eigenvalue weighted by Crippen LogP contribution is -2.17. The first kappa shape index (κ1) is 16.6. The van der Waals surface area contributed by atoms with Crippen LogP contribution in [0.25, 0.3) is 0 Å². The fourth-order valence-electron chi connectivity index (χ4n) is 1.50. The van der Waals surface area contributed by atoms with E-state index < -0.39 is 23.4 Å². The molecule has 1 heterocycles. The molecule has 0 amide bonds. The maximum atomic E-state index is 13.0. The number of ether oxygens (including phenoxy) is 1. The molecular weight excluding hydrogens is 341 g/mol. The number of benzene rings is 1. The zero-order valence-electron chi connectivity index (χ0n) is 11.0. The Bertz CT molecular complexity index is 693. The van der Waals surface area contributed by atoms with Gasteiger partial charge >= 0.3 is 12.1 Å². The standard InChI is InChI=1S/C13H8ClF3N2O2S/c1-21-11(20)9-6-18-12(19-10(9)13(15,16)17)22-8-4-2-7(14)3-5-8/h2-6H,1H3. The van der Waals surface area contributed by atoms with Crippen molar-refractivity contribution in [3.63, 3.8) is 0 Å². The molecule has 0 spiro atoms. The Balaban J connectivity index is 2.38. The van der Waals surface area contributed by atoms with Gasteiger partial charge in [-0.25, -0.2) is 14.8 Å². The van der Waals surface area contributed by atoms with Crippen LogP contribution in [0.2, 0.25) is 5.02 Å². The van der Waals surface area contributed by atoms with Crippen LogP contribution >= 0.6 is 23.4 Å². The maximum Gasteiger partial charge on any atom is 0.434 e. The summed E-state index contributed by atoms with van der Waals surface area (Å²) in [6.07, 6.45) is -3.98. The van der Waals surface area contributed by atoms with E-state index in [4.69, 9.17) is 11.6 Å². The van der Waals surface area contributed by atoms with Gasteiger partial charge in [0.1, 0.15) is 5.56 Å². The molecule has 116 valence electrons. The predicted octanol–water partition coefficient (Wildman–Crippen LogP) is 4.09. The summed E-state index contributed by atoms with van der Waals surface area (Å²) in [7, 11) is 0.985. The van der Waals surface area contributed by atoms with Crippen molar-refractivity contribution >= 4 is 29.3 Å². The average molecular weight is 349 g/mol. The van der Waals surface area contributed by atoms with Crippen LogP contribution in [0.4, 0.5) is 13.2 Å². The normalized spacial score (nSPS) is 11.3. The first-order chi connectivity index (χ1) is 10.3. The zero-order chi connectivity index (χ0) is 16.3. The third-order valence-corrected chi connectivity index (χ3v) is 3.60. The molecule has 0 bridgehead atoms. The summed E-state index contributed by atoms with van der Waals surface area (Å²) in [4.78, 5) is 19.2. The molecule has 0 unspecified atom stereocenters. The maximum absolute atomic E-state index is 13.0. The van der Waals surface area contributed by atoms with Crippen LogP contribution in [0.15, 0.2) is 40.5 Å². The second-order valence-corrected chi connectivity index (χ2v) is 5.44. The van der Waals surface area contributed by atoms with E-state index in [0.717, 1.165) is 25.1 Å². The lowest BCUT2D eigenvalue weighted by molar-refractivity contribution is -0.142. The van der Waals surface area contributed by atoms with Crippen molar-refractivity contribution in [3.05, 3.63) is 46.7 Å². The Kier molecular flexibility index (Phi) is 4.92. The molecule has 1 aromatic heterocycles. The van der Waals surface area contributed by atoms with Gasteiger partial charge in [-0.05, 0) is 36.0 Å². The summed E-state index contributed by atoms with van der Waals surface area (Å²) in [6, 6.07) is 6.43. The summed E-state index contributed by atoms with van der Waals surface area (Å²) in [5.74, 6) is -1.14. The summed E-state index contributed by atoms with van der Waals surface area (Å²) >= 11 is 6.65. The summed E-state index contributed by atoms with van der Waals surface area (Å²) < 4.78 is 43.3. The van der Waals surface area contributed by atoms with Crippen LogP contribution in [-0.4, -0.2) is 23.0 Å². The largest absolute Gasteiger partial charge is 0.465 e. The monoisotopic (exact) mass is 348 g/mol. The topological polar surface area (TPSA) is 52.1 Å².